The van der Waals surface area contributed by atoms with Gasteiger partial charge in [0.15, 0.2) is 18.8 Å². The van der Waals surface area contributed by atoms with Crippen molar-refractivity contribution in [1.82, 2.24) is 0 Å². The van der Waals surface area contributed by atoms with Crippen molar-refractivity contribution in [3.63, 3.8) is 0 Å². The van der Waals surface area contributed by atoms with E-state index in [1.165, 1.54) is 24.3 Å². The van der Waals surface area contributed by atoms with E-state index in [4.69, 9.17) is 0 Å². The highest BCUT2D eigenvalue weighted by atomic mass is 31.2. The molecule has 0 saturated carbocycles. The molecule has 1 nitrogen and oxygen atoms in total. The maximum absolute atomic E-state index is 14.3. The Morgan fingerprint density at radius 1 is 0.609 bits per heavy atom. The fourth-order valence-electron chi connectivity index (χ4n) is 2.49. The van der Waals surface area contributed by atoms with E-state index in [9.17, 15) is 17.7 Å². The molecule has 3 rings (SSSR count). The molecule has 0 heterocycles. The fraction of sp³-hybridized carbons (Fsp3) is 0. The first-order chi connectivity index (χ1) is 11.0. The molecule has 3 aromatic carbocycles. The molecule has 23 heavy (non-hydrogen) atoms. The Morgan fingerprint density at radius 2 is 1.04 bits per heavy atom. The normalized spacial score (nSPS) is 11.4. The molecule has 0 atom stereocenters. The summed E-state index contributed by atoms with van der Waals surface area (Å²) in [5.74, 6) is -3.67. The van der Waals surface area contributed by atoms with Crippen LogP contribution in [0.25, 0.3) is 0 Å². The standard InChI is InChI=1S/C18H12F3OP/c19-15-11-12-16(20)18(17(15)21)23(22,13-7-3-1-4-8-13)14-9-5-2-6-10-14/h1-12H. The zero-order valence-corrected chi connectivity index (χ0v) is 12.8. The number of halogens is 3. The third-order valence-electron chi connectivity index (χ3n) is 3.57. The Labute approximate surface area is 131 Å². The molecular weight excluding hydrogens is 320 g/mol. The minimum absolute atomic E-state index is 0.245. The Kier molecular flexibility index (Phi) is 4.10. The van der Waals surface area contributed by atoms with Crippen molar-refractivity contribution >= 4 is 23.1 Å². The molecule has 0 saturated heterocycles. The van der Waals surface area contributed by atoms with E-state index in [-0.39, 0.29) is 10.6 Å². The summed E-state index contributed by atoms with van der Waals surface area (Å²) < 4.78 is 56.1. The lowest BCUT2D eigenvalue weighted by atomic mass is 10.3. The molecule has 0 aliphatic rings. The highest BCUT2D eigenvalue weighted by Crippen LogP contribution is 2.44. The fourth-order valence-corrected chi connectivity index (χ4v) is 5.25. The second-order valence-electron chi connectivity index (χ2n) is 4.97. The van der Waals surface area contributed by atoms with Gasteiger partial charge in [0.05, 0.1) is 5.30 Å². The smallest absolute Gasteiger partial charge is 0.176 e. The molecule has 0 aliphatic carbocycles. The van der Waals surface area contributed by atoms with Gasteiger partial charge in [-0.3, -0.25) is 0 Å². The van der Waals surface area contributed by atoms with Crippen molar-refractivity contribution in [3.8, 4) is 0 Å². The number of rotatable bonds is 3. The number of hydrogen-bond donors (Lipinski definition) is 0. The monoisotopic (exact) mass is 332 g/mol. The van der Waals surface area contributed by atoms with Crippen molar-refractivity contribution in [1.29, 1.82) is 0 Å². The SMILES string of the molecule is O=P(c1ccccc1)(c1ccccc1)c1c(F)ccc(F)c1F. The zero-order valence-electron chi connectivity index (χ0n) is 11.9. The summed E-state index contributed by atoms with van der Waals surface area (Å²) in [6.07, 6.45) is 0. The third-order valence-corrected chi connectivity index (χ3v) is 6.66. The predicted molar refractivity (Wildman–Crippen MR) is 85.7 cm³/mol. The summed E-state index contributed by atoms with van der Waals surface area (Å²) in [5.41, 5.74) is 0. The van der Waals surface area contributed by atoms with Gasteiger partial charge >= 0.3 is 0 Å². The number of benzene rings is 3. The molecule has 5 heteroatoms. The topological polar surface area (TPSA) is 17.1 Å². The van der Waals surface area contributed by atoms with Crippen LogP contribution in [-0.4, -0.2) is 0 Å². The molecule has 0 unspecified atom stereocenters. The van der Waals surface area contributed by atoms with Crippen LogP contribution in [-0.2, 0) is 4.57 Å². The summed E-state index contributed by atoms with van der Waals surface area (Å²) >= 11 is 0. The predicted octanol–water partition coefficient (Wildman–Crippen LogP) is 3.74. The van der Waals surface area contributed by atoms with E-state index in [2.05, 4.69) is 0 Å². The largest absolute Gasteiger partial charge is 0.308 e. The van der Waals surface area contributed by atoms with Crippen LogP contribution >= 0.6 is 7.14 Å². The Hall–Kier alpha value is -2.32. The molecule has 0 spiro atoms. The Balaban J connectivity index is 2.40. The van der Waals surface area contributed by atoms with Gasteiger partial charge in [-0.25, -0.2) is 13.2 Å². The molecule has 0 fully saturated rings. The lowest BCUT2D eigenvalue weighted by molar-refractivity contribution is 0.501. The van der Waals surface area contributed by atoms with Crippen LogP contribution in [0.1, 0.15) is 0 Å². The Bertz CT molecular complexity index is 836. The van der Waals surface area contributed by atoms with Gasteiger partial charge in [0.25, 0.3) is 0 Å². The second-order valence-corrected chi connectivity index (χ2v) is 7.67. The molecule has 0 aliphatic heterocycles. The van der Waals surface area contributed by atoms with Crippen LogP contribution in [0.2, 0.25) is 0 Å². The van der Waals surface area contributed by atoms with Gasteiger partial charge in [-0.1, -0.05) is 60.7 Å². The van der Waals surface area contributed by atoms with Crippen LogP contribution in [0.15, 0.2) is 72.8 Å². The molecular formula is C18H12F3OP. The number of hydrogen-bond acceptors (Lipinski definition) is 1. The Morgan fingerprint density at radius 3 is 1.52 bits per heavy atom. The lowest BCUT2D eigenvalue weighted by Crippen LogP contribution is -2.30. The van der Waals surface area contributed by atoms with Gasteiger partial charge in [-0.2, -0.15) is 0 Å². The molecule has 3 aromatic rings. The van der Waals surface area contributed by atoms with Crippen molar-refractivity contribution in [2.24, 2.45) is 0 Å². The van der Waals surface area contributed by atoms with Gasteiger partial charge in [0.2, 0.25) is 0 Å². The maximum Gasteiger partial charge on any atom is 0.176 e. The van der Waals surface area contributed by atoms with Gasteiger partial charge in [-0.05, 0) is 12.1 Å². The minimum Gasteiger partial charge on any atom is -0.308 e. The first kappa shape index (κ1) is 15.6. The van der Waals surface area contributed by atoms with Gasteiger partial charge < -0.3 is 4.57 Å². The van der Waals surface area contributed by atoms with Crippen molar-refractivity contribution < 1.29 is 17.7 Å². The first-order valence-corrected chi connectivity index (χ1v) is 8.61. The zero-order chi connectivity index (χ0) is 16.4. The van der Waals surface area contributed by atoms with Gasteiger partial charge in [0.1, 0.15) is 5.82 Å². The van der Waals surface area contributed by atoms with Gasteiger partial charge in [-0.15, -0.1) is 0 Å². The molecule has 0 bridgehead atoms. The van der Waals surface area contributed by atoms with E-state index in [0.29, 0.717) is 6.07 Å². The van der Waals surface area contributed by atoms with Crippen molar-refractivity contribution in [2.45, 2.75) is 0 Å². The van der Waals surface area contributed by atoms with Crippen LogP contribution in [0.5, 0.6) is 0 Å². The van der Waals surface area contributed by atoms with Crippen molar-refractivity contribution in [2.75, 3.05) is 0 Å². The molecule has 0 radical (unpaired) electrons. The molecule has 116 valence electrons. The maximum atomic E-state index is 14.3. The quantitative estimate of drug-likeness (QED) is 0.527. The van der Waals surface area contributed by atoms with E-state index >= 15 is 0 Å². The lowest BCUT2D eigenvalue weighted by Gasteiger charge is -2.21. The first-order valence-electron chi connectivity index (χ1n) is 6.90. The summed E-state index contributed by atoms with van der Waals surface area (Å²) in [4.78, 5) is 0. The average molecular weight is 332 g/mol. The van der Waals surface area contributed by atoms with Crippen LogP contribution < -0.4 is 15.9 Å². The second kappa shape index (κ2) is 6.05. The summed E-state index contributed by atoms with van der Waals surface area (Å²) in [7, 11) is -3.87. The third kappa shape index (κ3) is 2.60. The van der Waals surface area contributed by atoms with E-state index in [1.807, 2.05) is 0 Å². The summed E-state index contributed by atoms with van der Waals surface area (Å²) in [6.45, 7) is 0. The minimum atomic E-state index is -3.87. The van der Waals surface area contributed by atoms with Crippen LogP contribution in [0.3, 0.4) is 0 Å². The molecule has 0 N–H and O–H groups in total. The highest BCUT2D eigenvalue weighted by molar-refractivity contribution is 7.85. The highest BCUT2D eigenvalue weighted by Gasteiger charge is 2.36. The summed E-state index contributed by atoms with van der Waals surface area (Å²) in [5, 5.41) is -0.237. The molecule has 0 aromatic heterocycles. The van der Waals surface area contributed by atoms with Crippen LogP contribution in [0.4, 0.5) is 13.2 Å². The van der Waals surface area contributed by atoms with E-state index < -0.39 is 29.9 Å². The van der Waals surface area contributed by atoms with Crippen LogP contribution in [0, 0.1) is 17.5 Å². The molecule has 0 amide bonds. The van der Waals surface area contributed by atoms with E-state index in [0.717, 1.165) is 6.07 Å². The van der Waals surface area contributed by atoms with Gasteiger partial charge in [0, 0.05) is 10.6 Å². The van der Waals surface area contributed by atoms with Crippen molar-refractivity contribution in [3.05, 3.63) is 90.2 Å². The summed E-state index contributed by atoms with van der Waals surface area (Å²) in [6, 6.07) is 17.5. The van der Waals surface area contributed by atoms with E-state index in [1.54, 1.807) is 36.4 Å². The average Bonchev–Trinajstić information content (AvgIpc) is 2.60.